The van der Waals surface area contributed by atoms with Crippen molar-refractivity contribution in [2.45, 2.75) is 37.0 Å². The highest BCUT2D eigenvalue weighted by molar-refractivity contribution is 7.89. The standard InChI is InChI=1S/C14H18N4O2S2/c15-22(19,20)12-6-3-8-16-14(12)17-9-7-13-18-10-4-1-2-5-11(10)21-13/h3,6,8H,1-2,4-5,7,9H2,(H,16,17)(H2,15,19,20). The molecular formula is C14H18N4O2S2. The van der Waals surface area contributed by atoms with E-state index in [1.807, 2.05) is 0 Å². The van der Waals surface area contributed by atoms with Crippen molar-refractivity contribution in [2.75, 3.05) is 11.9 Å². The molecule has 0 fully saturated rings. The van der Waals surface area contributed by atoms with Crippen molar-refractivity contribution in [2.24, 2.45) is 5.14 Å². The summed E-state index contributed by atoms with van der Waals surface area (Å²) >= 11 is 1.77. The first-order chi connectivity index (χ1) is 10.5. The Kier molecular flexibility index (Phi) is 4.42. The molecule has 8 heteroatoms. The number of pyridine rings is 1. The largest absolute Gasteiger partial charge is 0.369 e. The van der Waals surface area contributed by atoms with Crippen LogP contribution in [0.15, 0.2) is 23.2 Å². The number of aryl methyl sites for hydroxylation is 2. The molecule has 0 aromatic carbocycles. The third-order valence-corrected chi connectivity index (χ3v) is 5.76. The molecular weight excluding hydrogens is 320 g/mol. The van der Waals surface area contributed by atoms with Crippen LogP contribution in [-0.4, -0.2) is 24.9 Å². The number of nitrogens with one attached hydrogen (secondary N) is 1. The highest BCUT2D eigenvalue weighted by Crippen LogP contribution is 2.27. The summed E-state index contributed by atoms with van der Waals surface area (Å²) < 4.78 is 23.0. The molecule has 2 aromatic rings. The lowest BCUT2D eigenvalue weighted by molar-refractivity contribution is 0.597. The maximum Gasteiger partial charge on any atom is 0.241 e. The molecule has 0 atom stereocenters. The lowest BCUT2D eigenvalue weighted by Crippen LogP contribution is -2.16. The Hall–Kier alpha value is -1.51. The number of thiazole rings is 1. The van der Waals surface area contributed by atoms with E-state index in [2.05, 4.69) is 15.3 Å². The number of sulfonamides is 1. The van der Waals surface area contributed by atoms with Gasteiger partial charge in [-0.05, 0) is 37.8 Å². The second-order valence-corrected chi connectivity index (χ2v) is 7.95. The maximum atomic E-state index is 11.5. The van der Waals surface area contributed by atoms with Crippen LogP contribution < -0.4 is 10.5 Å². The van der Waals surface area contributed by atoms with Crippen LogP contribution in [0.2, 0.25) is 0 Å². The molecule has 0 unspecified atom stereocenters. The number of nitrogens with two attached hydrogens (primary N) is 1. The summed E-state index contributed by atoms with van der Waals surface area (Å²) in [4.78, 5) is 10.2. The van der Waals surface area contributed by atoms with Gasteiger partial charge >= 0.3 is 0 Å². The quantitative estimate of drug-likeness (QED) is 0.865. The first-order valence-corrected chi connectivity index (χ1v) is 9.59. The summed E-state index contributed by atoms with van der Waals surface area (Å²) in [5, 5.41) is 9.32. The monoisotopic (exact) mass is 338 g/mol. The predicted octanol–water partition coefficient (Wildman–Crippen LogP) is 1.72. The zero-order valence-corrected chi connectivity index (χ0v) is 13.7. The van der Waals surface area contributed by atoms with Gasteiger partial charge in [-0.3, -0.25) is 0 Å². The molecule has 22 heavy (non-hydrogen) atoms. The number of aromatic nitrogens is 2. The zero-order valence-electron chi connectivity index (χ0n) is 12.1. The van der Waals surface area contributed by atoms with Crippen LogP contribution >= 0.6 is 11.3 Å². The third-order valence-electron chi connectivity index (χ3n) is 3.60. The smallest absolute Gasteiger partial charge is 0.241 e. The van der Waals surface area contributed by atoms with Crippen LogP contribution in [0.3, 0.4) is 0 Å². The lowest BCUT2D eigenvalue weighted by Gasteiger charge is -2.08. The summed E-state index contributed by atoms with van der Waals surface area (Å²) in [7, 11) is -3.77. The number of hydrogen-bond acceptors (Lipinski definition) is 6. The van der Waals surface area contributed by atoms with Crippen molar-refractivity contribution in [1.29, 1.82) is 0 Å². The summed E-state index contributed by atoms with van der Waals surface area (Å²) in [5.41, 5.74) is 1.24. The van der Waals surface area contributed by atoms with Gasteiger partial charge in [-0.2, -0.15) is 0 Å². The van der Waals surface area contributed by atoms with Gasteiger partial charge < -0.3 is 5.32 Å². The van der Waals surface area contributed by atoms with Gasteiger partial charge in [0, 0.05) is 24.0 Å². The van der Waals surface area contributed by atoms with Crippen LogP contribution in [0.5, 0.6) is 0 Å². The Morgan fingerprint density at radius 3 is 2.91 bits per heavy atom. The van der Waals surface area contributed by atoms with Gasteiger partial charge in [-0.1, -0.05) is 0 Å². The Morgan fingerprint density at radius 2 is 2.14 bits per heavy atom. The van der Waals surface area contributed by atoms with Crippen LogP contribution in [-0.2, 0) is 29.3 Å². The lowest BCUT2D eigenvalue weighted by atomic mass is 10.0. The minimum Gasteiger partial charge on any atom is -0.369 e. The first-order valence-electron chi connectivity index (χ1n) is 7.23. The first kappa shape index (κ1) is 15.4. The number of primary sulfonamides is 1. The Morgan fingerprint density at radius 1 is 1.32 bits per heavy atom. The fraction of sp³-hybridized carbons (Fsp3) is 0.429. The van der Waals surface area contributed by atoms with E-state index in [0.29, 0.717) is 12.4 Å². The number of fused-ring (bicyclic) bond motifs is 1. The number of rotatable bonds is 5. The summed E-state index contributed by atoms with van der Waals surface area (Å²) in [6.07, 6.45) is 6.97. The van der Waals surface area contributed by atoms with E-state index >= 15 is 0 Å². The fourth-order valence-electron chi connectivity index (χ4n) is 2.55. The van der Waals surface area contributed by atoms with Gasteiger partial charge in [0.15, 0.2) is 0 Å². The number of nitrogens with zero attached hydrogens (tertiary/aromatic N) is 2. The van der Waals surface area contributed by atoms with Gasteiger partial charge in [-0.15, -0.1) is 11.3 Å². The van der Waals surface area contributed by atoms with E-state index in [4.69, 9.17) is 5.14 Å². The van der Waals surface area contributed by atoms with Crippen LogP contribution in [0, 0.1) is 0 Å². The molecule has 3 rings (SSSR count). The average Bonchev–Trinajstić information content (AvgIpc) is 2.89. The van der Waals surface area contributed by atoms with Gasteiger partial charge in [0.05, 0.1) is 10.7 Å². The van der Waals surface area contributed by atoms with Crippen LogP contribution in [0.4, 0.5) is 5.82 Å². The molecule has 0 saturated carbocycles. The van der Waals surface area contributed by atoms with E-state index in [-0.39, 0.29) is 4.90 Å². The second kappa shape index (κ2) is 6.31. The Labute approximate surface area is 133 Å². The topological polar surface area (TPSA) is 98.0 Å². The normalized spacial score (nSPS) is 14.6. The van der Waals surface area contributed by atoms with Crippen molar-refractivity contribution in [1.82, 2.24) is 9.97 Å². The number of hydrogen-bond donors (Lipinski definition) is 2. The molecule has 0 saturated heterocycles. The van der Waals surface area contributed by atoms with E-state index in [1.165, 1.54) is 29.5 Å². The zero-order chi connectivity index (χ0) is 15.6. The molecule has 0 radical (unpaired) electrons. The van der Waals surface area contributed by atoms with E-state index < -0.39 is 10.0 Å². The molecule has 0 amide bonds. The van der Waals surface area contributed by atoms with Crippen molar-refractivity contribution in [3.05, 3.63) is 33.9 Å². The maximum absolute atomic E-state index is 11.5. The van der Waals surface area contributed by atoms with Crippen molar-refractivity contribution < 1.29 is 8.42 Å². The summed E-state index contributed by atoms with van der Waals surface area (Å²) in [6.45, 7) is 0.575. The molecule has 2 aromatic heterocycles. The molecule has 0 bridgehead atoms. The van der Waals surface area contributed by atoms with Crippen molar-refractivity contribution in [3.8, 4) is 0 Å². The highest BCUT2D eigenvalue weighted by Gasteiger charge is 2.16. The summed E-state index contributed by atoms with van der Waals surface area (Å²) in [5.74, 6) is 0.298. The molecule has 0 spiro atoms. The van der Waals surface area contributed by atoms with Gasteiger partial charge in [0.1, 0.15) is 10.7 Å². The molecule has 1 aliphatic rings. The molecule has 2 heterocycles. The third kappa shape index (κ3) is 3.45. The van der Waals surface area contributed by atoms with Gasteiger partial charge in [-0.25, -0.2) is 23.5 Å². The second-order valence-electron chi connectivity index (χ2n) is 5.26. The number of anilines is 1. The highest BCUT2D eigenvalue weighted by atomic mass is 32.2. The molecule has 118 valence electrons. The van der Waals surface area contributed by atoms with Crippen molar-refractivity contribution >= 4 is 27.2 Å². The van der Waals surface area contributed by atoms with E-state index in [9.17, 15) is 8.42 Å². The van der Waals surface area contributed by atoms with Gasteiger partial charge in [0.2, 0.25) is 10.0 Å². The van der Waals surface area contributed by atoms with Crippen LogP contribution in [0.1, 0.15) is 28.4 Å². The van der Waals surface area contributed by atoms with Gasteiger partial charge in [0.25, 0.3) is 0 Å². The molecule has 6 nitrogen and oxygen atoms in total. The Balaban J connectivity index is 1.65. The predicted molar refractivity (Wildman–Crippen MR) is 86.6 cm³/mol. The SMILES string of the molecule is NS(=O)(=O)c1cccnc1NCCc1nc2c(s1)CCCC2. The van der Waals surface area contributed by atoms with E-state index in [1.54, 1.807) is 23.6 Å². The van der Waals surface area contributed by atoms with Crippen molar-refractivity contribution in [3.63, 3.8) is 0 Å². The van der Waals surface area contributed by atoms with Crippen LogP contribution in [0.25, 0.3) is 0 Å². The average molecular weight is 338 g/mol. The molecule has 1 aliphatic carbocycles. The minimum atomic E-state index is -3.77. The molecule has 0 aliphatic heterocycles. The summed E-state index contributed by atoms with van der Waals surface area (Å²) in [6, 6.07) is 3.01. The minimum absolute atomic E-state index is 0.0217. The Bertz CT molecular complexity index is 747. The fourth-order valence-corrected chi connectivity index (χ4v) is 4.37. The van der Waals surface area contributed by atoms with E-state index in [0.717, 1.165) is 24.3 Å². The molecule has 3 N–H and O–H groups in total.